The second-order valence-corrected chi connectivity index (χ2v) is 11.0. The molecule has 44 heavy (non-hydrogen) atoms. The Morgan fingerprint density at radius 1 is 1.02 bits per heavy atom. The molecule has 3 aromatic carbocycles. The average molecular weight is 632 g/mol. The number of rotatable bonds is 8. The molecule has 0 aliphatic carbocycles. The highest BCUT2D eigenvalue weighted by Gasteiger charge is 2.33. The maximum atomic E-state index is 14.2. The van der Waals surface area contributed by atoms with Gasteiger partial charge in [0.1, 0.15) is 11.6 Å². The minimum atomic E-state index is -4.81. The Kier molecular flexibility index (Phi) is 10.1. The van der Waals surface area contributed by atoms with Crippen LogP contribution >= 0.6 is 11.8 Å². The van der Waals surface area contributed by atoms with Crippen LogP contribution in [-0.4, -0.2) is 41.8 Å². The normalized spacial score (nSPS) is 14.2. The number of halogens is 4. The van der Waals surface area contributed by atoms with Crippen molar-refractivity contribution in [2.45, 2.75) is 39.5 Å². The van der Waals surface area contributed by atoms with Crippen molar-refractivity contribution in [2.24, 2.45) is 4.99 Å². The van der Waals surface area contributed by atoms with E-state index in [2.05, 4.69) is 25.7 Å². The van der Waals surface area contributed by atoms with Gasteiger partial charge in [-0.2, -0.15) is 4.99 Å². The van der Waals surface area contributed by atoms with E-state index in [9.17, 15) is 31.9 Å². The lowest BCUT2D eigenvalue weighted by Gasteiger charge is -2.22. The number of carbonyl (C=O) groups excluding carboxylic acids is 3. The van der Waals surface area contributed by atoms with Crippen molar-refractivity contribution in [1.29, 1.82) is 0 Å². The van der Waals surface area contributed by atoms with E-state index in [0.717, 1.165) is 29.5 Å². The third kappa shape index (κ3) is 8.72. The van der Waals surface area contributed by atoms with Gasteiger partial charge in [-0.1, -0.05) is 37.7 Å². The molecule has 0 saturated carbocycles. The Morgan fingerprint density at radius 3 is 2.23 bits per heavy atom. The minimum absolute atomic E-state index is 0.0629. The Bertz CT molecular complexity index is 1560. The summed E-state index contributed by atoms with van der Waals surface area (Å²) >= 11 is 1.14. The highest BCUT2D eigenvalue weighted by molar-refractivity contribution is 8.15. The fraction of sp³-hybridized carbons (Fsp3) is 0.267. The molecule has 14 heteroatoms. The van der Waals surface area contributed by atoms with Crippen molar-refractivity contribution in [3.63, 3.8) is 0 Å². The topological polar surface area (TPSA) is 112 Å². The summed E-state index contributed by atoms with van der Waals surface area (Å²) in [5.41, 5.74) is 3.13. The van der Waals surface area contributed by atoms with Gasteiger partial charge in [-0.05, 0) is 84.5 Å². The number of nitrogens with zero attached hydrogens (tertiary/aromatic N) is 2. The second-order valence-electron chi connectivity index (χ2n) is 10.1. The van der Waals surface area contributed by atoms with Gasteiger partial charge in [-0.25, -0.2) is 14.0 Å². The van der Waals surface area contributed by atoms with Crippen molar-refractivity contribution in [2.75, 3.05) is 27.8 Å². The van der Waals surface area contributed by atoms with Crippen molar-refractivity contribution >= 4 is 52.0 Å². The first kappa shape index (κ1) is 32.3. The number of aliphatic imine (C=N–C) groups is 1. The fourth-order valence-corrected chi connectivity index (χ4v) is 5.11. The summed E-state index contributed by atoms with van der Waals surface area (Å²) in [5.74, 6) is -0.969. The quantitative estimate of drug-likeness (QED) is 0.228. The number of anilines is 3. The van der Waals surface area contributed by atoms with Crippen LogP contribution in [0.5, 0.6) is 5.75 Å². The molecule has 3 aromatic rings. The van der Waals surface area contributed by atoms with E-state index in [1.807, 2.05) is 13.8 Å². The Morgan fingerprint density at radius 2 is 1.64 bits per heavy atom. The van der Waals surface area contributed by atoms with E-state index < -0.39 is 24.2 Å². The average Bonchev–Trinajstić information content (AvgIpc) is 3.30. The van der Waals surface area contributed by atoms with E-state index in [1.165, 1.54) is 23.1 Å². The molecule has 0 radical (unpaired) electrons. The van der Waals surface area contributed by atoms with Crippen LogP contribution in [0.15, 0.2) is 65.7 Å². The van der Waals surface area contributed by atoms with Gasteiger partial charge < -0.3 is 20.7 Å². The predicted molar refractivity (Wildman–Crippen MR) is 162 cm³/mol. The summed E-state index contributed by atoms with van der Waals surface area (Å²) in [6.45, 7) is 5.65. The number of hydrogen-bond donors (Lipinski definition) is 3. The summed E-state index contributed by atoms with van der Waals surface area (Å²) in [4.78, 5) is 43.0. The predicted octanol–water partition coefficient (Wildman–Crippen LogP) is 7.19. The number of amidine groups is 1. The van der Waals surface area contributed by atoms with Crippen LogP contribution in [-0.2, 0) is 11.2 Å². The standard InChI is InChI=1S/C30H29F4N5O4S/c1-17(2)23-15-24(31)18(3)14-25(23)39-26(40)16-44-29(39)38-27(41)35-13-12-19-4-6-20(7-5-19)36-28(42)37-21-8-10-22(11-9-21)43-30(32,33)34/h4-11,14-15,17H,12-13,16H2,1-3H3,(H,35,41)(H2,36,37,42)/b38-29-. The summed E-state index contributed by atoms with van der Waals surface area (Å²) in [5, 5.41) is 8.06. The molecule has 4 rings (SSSR count). The Labute approximate surface area is 255 Å². The van der Waals surface area contributed by atoms with Gasteiger partial charge >= 0.3 is 18.4 Å². The number of alkyl halides is 3. The van der Waals surface area contributed by atoms with Crippen LogP contribution in [0.3, 0.4) is 0 Å². The number of thioether (sulfide) groups is 1. The number of ether oxygens (including phenoxy) is 1. The summed E-state index contributed by atoms with van der Waals surface area (Å²) < 4.78 is 54.9. The number of urea groups is 2. The number of carbonyl (C=O) groups is 3. The summed E-state index contributed by atoms with van der Waals surface area (Å²) in [6, 6.07) is 13.3. The van der Waals surface area contributed by atoms with Gasteiger partial charge in [-0.3, -0.25) is 9.69 Å². The van der Waals surface area contributed by atoms with E-state index in [0.29, 0.717) is 28.9 Å². The molecule has 1 saturated heterocycles. The molecule has 9 nitrogen and oxygen atoms in total. The van der Waals surface area contributed by atoms with E-state index in [4.69, 9.17) is 0 Å². The number of benzene rings is 3. The lowest BCUT2D eigenvalue weighted by atomic mass is 9.98. The molecule has 0 atom stereocenters. The monoisotopic (exact) mass is 631 g/mol. The first-order chi connectivity index (χ1) is 20.8. The minimum Gasteiger partial charge on any atom is -0.406 e. The van der Waals surface area contributed by atoms with E-state index in [1.54, 1.807) is 37.3 Å². The third-order valence-corrected chi connectivity index (χ3v) is 7.30. The maximum Gasteiger partial charge on any atom is 0.573 e. The number of nitrogens with one attached hydrogen (secondary N) is 3. The molecule has 0 bridgehead atoms. The lowest BCUT2D eigenvalue weighted by Crippen LogP contribution is -2.32. The van der Waals surface area contributed by atoms with E-state index >= 15 is 0 Å². The molecule has 1 fully saturated rings. The zero-order valence-electron chi connectivity index (χ0n) is 23.9. The van der Waals surface area contributed by atoms with Gasteiger partial charge in [0.15, 0.2) is 5.17 Å². The molecule has 5 amide bonds. The maximum absolute atomic E-state index is 14.2. The van der Waals surface area contributed by atoms with Crippen LogP contribution in [0.2, 0.25) is 0 Å². The first-order valence-corrected chi connectivity index (χ1v) is 14.4. The third-order valence-electron chi connectivity index (χ3n) is 6.38. The lowest BCUT2D eigenvalue weighted by molar-refractivity contribution is -0.274. The van der Waals surface area contributed by atoms with Crippen LogP contribution in [0.25, 0.3) is 0 Å². The Hall–Kier alpha value is -4.59. The zero-order chi connectivity index (χ0) is 32.0. The van der Waals surface area contributed by atoms with Gasteiger partial charge in [0.05, 0.1) is 11.4 Å². The summed E-state index contributed by atoms with van der Waals surface area (Å²) in [6.07, 6.45) is -4.35. The molecule has 1 heterocycles. The van der Waals surface area contributed by atoms with Crippen molar-refractivity contribution < 1.29 is 36.7 Å². The van der Waals surface area contributed by atoms with Crippen LogP contribution in [0, 0.1) is 12.7 Å². The number of hydrogen-bond acceptors (Lipinski definition) is 5. The molecule has 1 aliphatic heterocycles. The molecule has 0 aromatic heterocycles. The molecular weight excluding hydrogens is 602 g/mol. The number of amides is 5. The van der Waals surface area contributed by atoms with Gasteiger partial charge in [0.2, 0.25) is 5.91 Å². The van der Waals surface area contributed by atoms with Gasteiger partial charge in [-0.15, -0.1) is 13.2 Å². The molecular formula is C30H29F4N5O4S. The van der Waals surface area contributed by atoms with Gasteiger partial charge in [0.25, 0.3) is 0 Å². The number of aryl methyl sites for hydroxylation is 1. The van der Waals surface area contributed by atoms with Crippen molar-refractivity contribution in [3.05, 3.63) is 83.2 Å². The zero-order valence-corrected chi connectivity index (χ0v) is 24.7. The van der Waals surface area contributed by atoms with Gasteiger partial charge in [0, 0.05) is 17.9 Å². The SMILES string of the molecule is Cc1cc(N2C(=O)CS/C2=N\C(=O)NCCc2ccc(NC(=O)Nc3ccc(OC(F)(F)F)cc3)cc2)c(C(C)C)cc1F. The van der Waals surface area contributed by atoms with Crippen LogP contribution in [0.4, 0.5) is 44.2 Å². The first-order valence-electron chi connectivity index (χ1n) is 13.4. The fourth-order valence-electron chi connectivity index (χ4n) is 4.25. The molecule has 232 valence electrons. The Balaban J connectivity index is 1.28. The van der Waals surface area contributed by atoms with Crippen LogP contribution in [0.1, 0.15) is 36.5 Å². The molecule has 3 N–H and O–H groups in total. The second kappa shape index (κ2) is 13.8. The highest BCUT2D eigenvalue weighted by atomic mass is 32.2. The summed E-state index contributed by atoms with van der Waals surface area (Å²) in [7, 11) is 0. The van der Waals surface area contributed by atoms with E-state index in [-0.39, 0.29) is 40.8 Å². The van der Waals surface area contributed by atoms with Crippen molar-refractivity contribution in [1.82, 2.24) is 5.32 Å². The van der Waals surface area contributed by atoms with Crippen molar-refractivity contribution in [3.8, 4) is 5.75 Å². The molecule has 0 unspecified atom stereocenters. The smallest absolute Gasteiger partial charge is 0.406 e. The molecule has 0 spiro atoms. The highest BCUT2D eigenvalue weighted by Crippen LogP contribution is 2.35. The molecule has 1 aliphatic rings. The van der Waals surface area contributed by atoms with Crippen LogP contribution < -0.4 is 25.6 Å². The largest absolute Gasteiger partial charge is 0.573 e.